The molecular weight excluding hydrogens is 292 g/mol. The average Bonchev–Trinajstić information content (AvgIpc) is 2.49. The van der Waals surface area contributed by atoms with Gasteiger partial charge in [0.1, 0.15) is 11.5 Å². The number of carbonyl (C=O) groups is 1. The number of amides is 1. The Morgan fingerprint density at radius 3 is 2.24 bits per heavy atom. The van der Waals surface area contributed by atoms with Gasteiger partial charge in [-0.15, -0.1) is 12.4 Å². The molecule has 5 nitrogen and oxygen atoms in total. The number of halogens is 1. The van der Waals surface area contributed by atoms with Crippen LogP contribution in [0, 0.1) is 0 Å². The molecule has 0 saturated heterocycles. The standard InChI is InChI=1S/C15H24N2O3.ClH/c1-16-7-8-17(2)15(18)6-5-12-9-13(19-3)11-14(10-12)20-4;/h9-11,16H,5-8H2,1-4H3;1H. The summed E-state index contributed by atoms with van der Waals surface area (Å²) in [6.45, 7) is 1.52. The van der Waals surface area contributed by atoms with Gasteiger partial charge in [-0.1, -0.05) is 0 Å². The van der Waals surface area contributed by atoms with E-state index in [1.54, 1.807) is 19.1 Å². The molecule has 0 bridgehead atoms. The van der Waals surface area contributed by atoms with Gasteiger partial charge in [0.15, 0.2) is 0 Å². The van der Waals surface area contributed by atoms with Crippen LogP contribution in [0.25, 0.3) is 0 Å². The molecule has 0 aliphatic carbocycles. The predicted molar refractivity (Wildman–Crippen MR) is 86.7 cm³/mol. The van der Waals surface area contributed by atoms with E-state index in [4.69, 9.17) is 9.47 Å². The molecule has 21 heavy (non-hydrogen) atoms. The Morgan fingerprint density at radius 1 is 1.19 bits per heavy atom. The highest BCUT2D eigenvalue weighted by molar-refractivity contribution is 5.85. The Bertz CT molecular complexity index is 419. The van der Waals surface area contributed by atoms with Gasteiger partial charge in [-0.05, 0) is 31.2 Å². The number of methoxy groups -OCH3 is 2. The number of nitrogens with zero attached hydrogens (tertiary/aromatic N) is 1. The lowest BCUT2D eigenvalue weighted by molar-refractivity contribution is -0.129. The molecule has 1 aromatic carbocycles. The third-order valence-corrected chi connectivity index (χ3v) is 3.16. The number of likely N-dealkylation sites (N-methyl/N-ethyl adjacent to an activating group) is 2. The van der Waals surface area contributed by atoms with Crippen molar-refractivity contribution < 1.29 is 14.3 Å². The van der Waals surface area contributed by atoms with Crippen LogP contribution in [0.1, 0.15) is 12.0 Å². The van der Waals surface area contributed by atoms with Gasteiger partial charge >= 0.3 is 0 Å². The van der Waals surface area contributed by atoms with E-state index in [1.807, 2.05) is 32.3 Å². The molecule has 0 aromatic heterocycles. The summed E-state index contributed by atoms with van der Waals surface area (Å²) in [4.78, 5) is 13.7. The number of nitrogens with one attached hydrogen (secondary N) is 1. The van der Waals surface area contributed by atoms with E-state index in [-0.39, 0.29) is 18.3 Å². The van der Waals surface area contributed by atoms with Gasteiger partial charge in [0.05, 0.1) is 14.2 Å². The molecule has 120 valence electrons. The summed E-state index contributed by atoms with van der Waals surface area (Å²) in [6.07, 6.45) is 1.16. The van der Waals surface area contributed by atoms with Crippen molar-refractivity contribution >= 4 is 18.3 Å². The highest BCUT2D eigenvalue weighted by atomic mass is 35.5. The Hall–Kier alpha value is -1.46. The van der Waals surface area contributed by atoms with Gasteiger partial charge < -0.3 is 19.7 Å². The summed E-state index contributed by atoms with van der Waals surface area (Å²) in [7, 11) is 6.94. The normalized spacial score (nSPS) is 9.71. The minimum absolute atomic E-state index is 0. The fourth-order valence-corrected chi connectivity index (χ4v) is 1.86. The van der Waals surface area contributed by atoms with E-state index < -0.39 is 0 Å². The Labute approximate surface area is 133 Å². The summed E-state index contributed by atoms with van der Waals surface area (Å²) < 4.78 is 10.4. The maximum Gasteiger partial charge on any atom is 0.222 e. The van der Waals surface area contributed by atoms with Gasteiger partial charge in [-0.2, -0.15) is 0 Å². The fraction of sp³-hybridized carbons (Fsp3) is 0.533. The molecule has 0 spiro atoms. The van der Waals surface area contributed by atoms with Crippen molar-refractivity contribution in [3.8, 4) is 11.5 Å². The number of ether oxygens (including phenoxy) is 2. The molecule has 0 unspecified atom stereocenters. The van der Waals surface area contributed by atoms with Gasteiger partial charge in [-0.25, -0.2) is 0 Å². The first kappa shape index (κ1) is 19.5. The van der Waals surface area contributed by atoms with E-state index in [9.17, 15) is 4.79 Å². The summed E-state index contributed by atoms with van der Waals surface area (Å²) in [6, 6.07) is 5.69. The quantitative estimate of drug-likeness (QED) is 0.793. The summed E-state index contributed by atoms with van der Waals surface area (Å²) in [5.74, 6) is 1.63. The Kier molecular flexibility index (Phi) is 9.58. The van der Waals surface area contributed by atoms with E-state index in [0.717, 1.165) is 30.2 Å². The maximum absolute atomic E-state index is 12.0. The third-order valence-electron chi connectivity index (χ3n) is 3.16. The van der Waals surface area contributed by atoms with Crippen LogP contribution in [0.4, 0.5) is 0 Å². The average molecular weight is 317 g/mol. The molecule has 0 radical (unpaired) electrons. The molecule has 0 atom stereocenters. The summed E-state index contributed by atoms with van der Waals surface area (Å²) in [5.41, 5.74) is 1.04. The summed E-state index contributed by atoms with van der Waals surface area (Å²) >= 11 is 0. The van der Waals surface area contributed by atoms with Crippen LogP contribution in [0.2, 0.25) is 0 Å². The molecule has 1 rings (SSSR count). The molecule has 1 amide bonds. The molecule has 0 aliphatic heterocycles. The highest BCUT2D eigenvalue weighted by Gasteiger charge is 2.09. The first-order chi connectivity index (χ1) is 9.60. The second-order valence-corrected chi connectivity index (χ2v) is 4.64. The SMILES string of the molecule is CNCCN(C)C(=O)CCc1cc(OC)cc(OC)c1.Cl. The Balaban J connectivity index is 0.00000400. The second-order valence-electron chi connectivity index (χ2n) is 4.64. The zero-order valence-corrected chi connectivity index (χ0v) is 14.0. The van der Waals surface area contributed by atoms with Crippen LogP contribution < -0.4 is 14.8 Å². The second kappa shape index (κ2) is 10.3. The molecular formula is C15H25ClN2O3. The van der Waals surface area contributed by atoms with Crippen molar-refractivity contribution in [3.05, 3.63) is 23.8 Å². The minimum atomic E-state index is 0. The van der Waals surface area contributed by atoms with Crippen molar-refractivity contribution in [1.29, 1.82) is 0 Å². The molecule has 1 N–H and O–H groups in total. The lowest BCUT2D eigenvalue weighted by Crippen LogP contribution is -2.32. The van der Waals surface area contributed by atoms with Crippen LogP contribution in [0.5, 0.6) is 11.5 Å². The monoisotopic (exact) mass is 316 g/mol. The van der Waals surface area contributed by atoms with E-state index >= 15 is 0 Å². The molecule has 0 aliphatic rings. The van der Waals surface area contributed by atoms with E-state index in [1.165, 1.54) is 0 Å². The van der Waals surface area contributed by atoms with E-state index in [2.05, 4.69) is 5.32 Å². The maximum atomic E-state index is 12.0. The number of rotatable bonds is 8. The van der Waals surface area contributed by atoms with Gasteiger partial charge in [0.25, 0.3) is 0 Å². The molecule has 0 fully saturated rings. The van der Waals surface area contributed by atoms with Gasteiger partial charge in [-0.3, -0.25) is 4.79 Å². The van der Waals surface area contributed by atoms with Crippen LogP contribution in [0.15, 0.2) is 18.2 Å². The largest absolute Gasteiger partial charge is 0.497 e. The van der Waals surface area contributed by atoms with Gasteiger partial charge in [0.2, 0.25) is 5.91 Å². The van der Waals surface area contributed by atoms with E-state index in [0.29, 0.717) is 12.8 Å². The van der Waals surface area contributed by atoms with Crippen molar-refractivity contribution in [1.82, 2.24) is 10.2 Å². The number of benzene rings is 1. The first-order valence-corrected chi connectivity index (χ1v) is 6.71. The lowest BCUT2D eigenvalue weighted by atomic mass is 10.1. The molecule has 1 aromatic rings. The lowest BCUT2D eigenvalue weighted by Gasteiger charge is -2.17. The van der Waals surface area contributed by atoms with Crippen molar-refractivity contribution in [2.75, 3.05) is 41.4 Å². The molecule has 0 saturated carbocycles. The van der Waals surface area contributed by atoms with Crippen molar-refractivity contribution in [2.24, 2.45) is 0 Å². The van der Waals surface area contributed by atoms with Crippen LogP contribution in [-0.4, -0.2) is 52.2 Å². The van der Waals surface area contributed by atoms with Crippen LogP contribution in [-0.2, 0) is 11.2 Å². The Morgan fingerprint density at radius 2 is 1.76 bits per heavy atom. The fourth-order valence-electron chi connectivity index (χ4n) is 1.86. The van der Waals surface area contributed by atoms with Gasteiger partial charge in [0, 0.05) is 32.6 Å². The smallest absolute Gasteiger partial charge is 0.222 e. The third kappa shape index (κ3) is 6.69. The highest BCUT2D eigenvalue weighted by Crippen LogP contribution is 2.23. The van der Waals surface area contributed by atoms with Crippen LogP contribution >= 0.6 is 12.4 Å². The minimum Gasteiger partial charge on any atom is -0.497 e. The summed E-state index contributed by atoms with van der Waals surface area (Å²) in [5, 5.41) is 3.03. The number of carbonyl (C=O) groups excluding carboxylic acids is 1. The molecule has 0 heterocycles. The zero-order chi connectivity index (χ0) is 15.0. The number of aryl methyl sites for hydroxylation is 1. The van der Waals surface area contributed by atoms with Crippen LogP contribution in [0.3, 0.4) is 0 Å². The zero-order valence-electron chi connectivity index (χ0n) is 13.1. The molecule has 6 heteroatoms. The number of hydrogen-bond acceptors (Lipinski definition) is 4. The van der Waals surface area contributed by atoms with Crippen molar-refractivity contribution in [2.45, 2.75) is 12.8 Å². The topological polar surface area (TPSA) is 50.8 Å². The van der Waals surface area contributed by atoms with Crippen molar-refractivity contribution in [3.63, 3.8) is 0 Å². The first-order valence-electron chi connectivity index (χ1n) is 6.71. The number of hydrogen-bond donors (Lipinski definition) is 1. The predicted octanol–water partition coefficient (Wildman–Crippen LogP) is 1.74.